The maximum atomic E-state index is 12.1. The lowest BCUT2D eigenvalue weighted by atomic mass is 9.82. The number of Topliss-reactive ketones (excluding diaryl/α,β-unsaturated/α-hetero) is 1. The molecule has 114 valence electrons. The molecule has 1 aliphatic carbocycles. The first-order valence-corrected chi connectivity index (χ1v) is 7.87. The third-order valence-corrected chi connectivity index (χ3v) is 4.22. The molecule has 0 spiro atoms. The molecule has 2 rings (SSSR count). The van der Waals surface area contributed by atoms with Gasteiger partial charge in [-0.15, -0.1) is 0 Å². The van der Waals surface area contributed by atoms with Crippen molar-refractivity contribution in [1.29, 1.82) is 0 Å². The fraction of sp³-hybridized carbons (Fsp3) is 0.824. The summed E-state index contributed by atoms with van der Waals surface area (Å²) in [6.07, 6.45) is 4.27. The minimum Gasteiger partial charge on any atom is -0.352 e. The van der Waals surface area contributed by atoms with Crippen molar-refractivity contribution < 1.29 is 14.3 Å². The average molecular weight is 280 g/mol. The number of hydrogen-bond donors (Lipinski definition) is 0. The van der Waals surface area contributed by atoms with Crippen molar-refractivity contribution in [2.45, 2.75) is 66.1 Å². The summed E-state index contributed by atoms with van der Waals surface area (Å²) < 4.78 is 11.5. The van der Waals surface area contributed by atoms with E-state index in [1.165, 1.54) is 5.57 Å². The summed E-state index contributed by atoms with van der Waals surface area (Å²) in [5.41, 5.74) is 2.53. The lowest BCUT2D eigenvalue weighted by molar-refractivity contribution is -0.223. The van der Waals surface area contributed by atoms with Crippen LogP contribution < -0.4 is 0 Å². The molecule has 2 aliphatic rings. The fourth-order valence-corrected chi connectivity index (χ4v) is 3.01. The first-order chi connectivity index (χ1) is 9.39. The van der Waals surface area contributed by atoms with Crippen LogP contribution in [0.5, 0.6) is 0 Å². The van der Waals surface area contributed by atoms with E-state index in [4.69, 9.17) is 9.47 Å². The van der Waals surface area contributed by atoms with Gasteiger partial charge >= 0.3 is 0 Å². The molecule has 0 saturated carbocycles. The maximum absolute atomic E-state index is 12.1. The van der Waals surface area contributed by atoms with E-state index in [9.17, 15) is 4.79 Å². The molecule has 0 atom stereocenters. The Morgan fingerprint density at radius 2 is 1.85 bits per heavy atom. The monoisotopic (exact) mass is 280 g/mol. The number of carbonyl (C=O) groups excluding carboxylic acids is 1. The van der Waals surface area contributed by atoms with Crippen LogP contribution in [0.3, 0.4) is 0 Å². The van der Waals surface area contributed by atoms with Crippen molar-refractivity contribution in [2.75, 3.05) is 13.2 Å². The van der Waals surface area contributed by atoms with E-state index in [1.54, 1.807) is 0 Å². The molecule has 0 radical (unpaired) electrons. The molecular weight excluding hydrogens is 252 g/mol. The number of carbonyl (C=O) groups is 1. The van der Waals surface area contributed by atoms with Gasteiger partial charge in [0.1, 0.15) is 0 Å². The van der Waals surface area contributed by atoms with Gasteiger partial charge in [0.05, 0.1) is 13.2 Å². The van der Waals surface area contributed by atoms with Gasteiger partial charge in [-0.25, -0.2) is 0 Å². The van der Waals surface area contributed by atoms with Crippen LogP contribution in [0.4, 0.5) is 0 Å². The summed E-state index contributed by atoms with van der Waals surface area (Å²) in [7, 11) is 0. The van der Waals surface area contributed by atoms with Gasteiger partial charge in [-0.1, -0.05) is 33.3 Å². The zero-order valence-electron chi connectivity index (χ0n) is 13.3. The number of ketones is 1. The first kappa shape index (κ1) is 15.7. The summed E-state index contributed by atoms with van der Waals surface area (Å²) >= 11 is 0. The zero-order valence-corrected chi connectivity index (χ0v) is 13.3. The minimum absolute atomic E-state index is 0.111. The lowest BCUT2D eigenvalue weighted by Gasteiger charge is -2.35. The summed E-state index contributed by atoms with van der Waals surface area (Å²) in [6.45, 7) is 10.1. The quantitative estimate of drug-likeness (QED) is 0.784. The van der Waals surface area contributed by atoms with E-state index >= 15 is 0 Å². The number of ether oxygens (including phenoxy) is 2. The van der Waals surface area contributed by atoms with Gasteiger partial charge in [0, 0.05) is 18.3 Å². The Morgan fingerprint density at radius 1 is 1.20 bits per heavy atom. The van der Waals surface area contributed by atoms with Gasteiger partial charge in [-0.3, -0.25) is 4.79 Å². The Morgan fingerprint density at radius 3 is 2.45 bits per heavy atom. The minimum atomic E-state index is -0.140. The molecular formula is C17H28O3. The van der Waals surface area contributed by atoms with E-state index in [-0.39, 0.29) is 11.7 Å². The Labute approximate surface area is 122 Å². The number of allylic oxidation sites excluding steroid dienone is 2. The van der Waals surface area contributed by atoms with Crippen molar-refractivity contribution in [1.82, 2.24) is 0 Å². The van der Waals surface area contributed by atoms with Crippen LogP contribution in [0.25, 0.3) is 0 Å². The lowest BCUT2D eigenvalue weighted by Crippen LogP contribution is -2.37. The molecule has 1 saturated heterocycles. The standard InChI is InChI=1S/C17H28O3/c1-12(2)13-6-5-7-15(18)14(13)8-9-16-19-10-17(3,4)11-20-16/h12,16H,5-11H2,1-4H3. The van der Waals surface area contributed by atoms with E-state index < -0.39 is 0 Å². The number of hydrogen-bond acceptors (Lipinski definition) is 3. The molecule has 0 aromatic carbocycles. The van der Waals surface area contributed by atoms with Crippen LogP contribution in [0.15, 0.2) is 11.1 Å². The zero-order chi connectivity index (χ0) is 14.8. The van der Waals surface area contributed by atoms with Crippen molar-refractivity contribution in [3.8, 4) is 0 Å². The Kier molecular flexibility index (Phi) is 5.03. The summed E-state index contributed by atoms with van der Waals surface area (Å²) in [5.74, 6) is 0.817. The molecule has 1 fully saturated rings. The van der Waals surface area contributed by atoms with E-state index in [0.717, 1.165) is 44.5 Å². The Hall–Kier alpha value is -0.670. The van der Waals surface area contributed by atoms with Crippen molar-refractivity contribution >= 4 is 5.78 Å². The second-order valence-corrected chi connectivity index (χ2v) is 7.19. The van der Waals surface area contributed by atoms with Crippen LogP contribution in [-0.2, 0) is 14.3 Å². The van der Waals surface area contributed by atoms with Crippen molar-refractivity contribution in [3.63, 3.8) is 0 Å². The summed E-state index contributed by atoms with van der Waals surface area (Å²) in [4.78, 5) is 12.1. The highest BCUT2D eigenvalue weighted by atomic mass is 16.7. The third kappa shape index (κ3) is 3.92. The fourth-order valence-electron chi connectivity index (χ4n) is 3.01. The van der Waals surface area contributed by atoms with Gasteiger partial charge < -0.3 is 9.47 Å². The van der Waals surface area contributed by atoms with Gasteiger partial charge in [0.25, 0.3) is 0 Å². The molecule has 0 aromatic rings. The molecule has 0 unspecified atom stereocenters. The average Bonchev–Trinajstić information content (AvgIpc) is 2.38. The molecule has 1 aliphatic heterocycles. The third-order valence-electron chi connectivity index (χ3n) is 4.22. The highest BCUT2D eigenvalue weighted by Crippen LogP contribution is 2.32. The highest BCUT2D eigenvalue weighted by molar-refractivity contribution is 5.96. The van der Waals surface area contributed by atoms with E-state index in [1.807, 2.05) is 0 Å². The molecule has 0 bridgehead atoms. The van der Waals surface area contributed by atoms with Crippen LogP contribution in [0.1, 0.15) is 59.8 Å². The summed E-state index contributed by atoms with van der Waals surface area (Å²) in [6, 6.07) is 0. The molecule has 20 heavy (non-hydrogen) atoms. The SMILES string of the molecule is CC(C)C1=C(CCC2OCC(C)(C)CO2)C(=O)CCC1. The predicted molar refractivity (Wildman–Crippen MR) is 79.4 cm³/mol. The first-order valence-electron chi connectivity index (χ1n) is 7.87. The van der Waals surface area contributed by atoms with Crippen molar-refractivity contribution in [3.05, 3.63) is 11.1 Å². The van der Waals surface area contributed by atoms with E-state index in [0.29, 0.717) is 18.1 Å². The Balaban J connectivity index is 1.93. The largest absolute Gasteiger partial charge is 0.352 e. The molecule has 0 amide bonds. The van der Waals surface area contributed by atoms with Gasteiger partial charge in [0.15, 0.2) is 12.1 Å². The van der Waals surface area contributed by atoms with Crippen molar-refractivity contribution in [2.24, 2.45) is 11.3 Å². The molecule has 0 aromatic heterocycles. The second-order valence-electron chi connectivity index (χ2n) is 7.19. The normalized spacial score (nSPS) is 24.6. The predicted octanol–water partition coefficient (Wildman–Crippen LogP) is 3.87. The van der Waals surface area contributed by atoms with Crippen LogP contribution >= 0.6 is 0 Å². The number of rotatable bonds is 4. The second kappa shape index (κ2) is 6.40. The molecule has 0 N–H and O–H groups in total. The van der Waals surface area contributed by atoms with Crippen LogP contribution in [0, 0.1) is 11.3 Å². The van der Waals surface area contributed by atoms with Crippen LogP contribution in [0.2, 0.25) is 0 Å². The van der Waals surface area contributed by atoms with Gasteiger partial charge in [0.2, 0.25) is 0 Å². The maximum Gasteiger partial charge on any atom is 0.158 e. The van der Waals surface area contributed by atoms with E-state index in [2.05, 4.69) is 27.7 Å². The topological polar surface area (TPSA) is 35.5 Å². The smallest absolute Gasteiger partial charge is 0.158 e. The molecule has 1 heterocycles. The molecule has 3 heteroatoms. The molecule has 3 nitrogen and oxygen atoms in total. The van der Waals surface area contributed by atoms with Gasteiger partial charge in [-0.2, -0.15) is 0 Å². The highest BCUT2D eigenvalue weighted by Gasteiger charge is 2.29. The Bertz CT molecular complexity index is 383. The van der Waals surface area contributed by atoms with Gasteiger partial charge in [-0.05, 0) is 30.8 Å². The van der Waals surface area contributed by atoms with Crippen LogP contribution in [-0.4, -0.2) is 25.3 Å². The summed E-state index contributed by atoms with van der Waals surface area (Å²) in [5, 5.41) is 0.